The number of carbonyl (C=O) groups excluding carboxylic acids is 5. The van der Waals surface area contributed by atoms with Crippen LogP contribution in [0, 0.1) is 0 Å². The average molecular weight is 555 g/mol. The van der Waals surface area contributed by atoms with Crippen LogP contribution in [0.2, 0.25) is 0 Å². The van der Waals surface area contributed by atoms with Gasteiger partial charge in [0.1, 0.15) is 18.1 Å². The summed E-state index contributed by atoms with van der Waals surface area (Å²) in [6.07, 6.45) is -1.05. The fourth-order valence-corrected chi connectivity index (χ4v) is 3.80. The van der Waals surface area contributed by atoms with Gasteiger partial charge in [-0.2, -0.15) is 0 Å². The Morgan fingerprint density at radius 3 is 1.62 bits per heavy atom. The third-order valence-corrected chi connectivity index (χ3v) is 5.88. The third kappa shape index (κ3) is 10.9. The molecule has 2 aromatic rings. The second kappa shape index (κ2) is 15.6. The van der Waals surface area contributed by atoms with Gasteiger partial charge in [0, 0.05) is 12.8 Å². The zero-order valence-electron chi connectivity index (χ0n) is 21.7. The summed E-state index contributed by atoms with van der Waals surface area (Å²) in [6, 6.07) is 12.1. The molecule has 10 N–H and O–H groups in total. The molecule has 4 atom stereocenters. The molecule has 2 aromatic carbocycles. The van der Waals surface area contributed by atoms with Gasteiger partial charge in [-0.25, -0.2) is 4.79 Å². The number of carbonyl (C=O) groups is 6. The molecule has 0 aliphatic heterocycles. The largest absolute Gasteiger partial charge is 0.480 e. The smallest absolute Gasteiger partial charge is 0.326 e. The van der Waals surface area contributed by atoms with Gasteiger partial charge in [-0.15, -0.1) is 0 Å². The Balaban J connectivity index is 2.14. The van der Waals surface area contributed by atoms with Crippen molar-refractivity contribution in [1.82, 2.24) is 16.0 Å². The SMILES string of the molecule is NC(=O)CCC(NC(=O)C(N)Cc1ccccc1)C(=O)NC(CC(N)=O)C(=O)NC(Cc1ccccc1)C(=O)O. The van der Waals surface area contributed by atoms with Gasteiger partial charge < -0.3 is 38.3 Å². The van der Waals surface area contributed by atoms with Gasteiger partial charge in [-0.05, 0) is 24.0 Å². The number of nitrogens with one attached hydrogen (secondary N) is 3. The van der Waals surface area contributed by atoms with Crippen molar-refractivity contribution in [1.29, 1.82) is 0 Å². The second-order valence-corrected chi connectivity index (χ2v) is 9.18. The highest BCUT2D eigenvalue weighted by atomic mass is 16.4. The van der Waals surface area contributed by atoms with Crippen molar-refractivity contribution in [3.63, 3.8) is 0 Å². The molecule has 5 amide bonds. The maximum absolute atomic E-state index is 13.1. The Hall–Kier alpha value is -4.78. The molecule has 0 spiro atoms. The van der Waals surface area contributed by atoms with Crippen LogP contribution in [0.1, 0.15) is 30.4 Å². The molecule has 0 aromatic heterocycles. The second-order valence-electron chi connectivity index (χ2n) is 9.18. The van der Waals surface area contributed by atoms with E-state index in [4.69, 9.17) is 17.2 Å². The van der Waals surface area contributed by atoms with Crippen LogP contribution >= 0.6 is 0 Å². The maximum Gasteiger partial charge on any atom is 0.326 e. The van der Waals surface area contributed by atoms with E-state index in [1.165, 1.54) is 0 Å². The topological polar surface area (TPSA) is 237 Å². The van der Waals surface area contributed by atoms with E-state index < -0.39 is 66.1 Å². The van der Waals surface area contributed by atoms with Gasteiger partial charge in [-0.1, -0.05) is 60.7 Å². The molecular weight excluding hydrogens is 520 g/mol. The van der Waals surface area contributed by atoms with Crippen LogP contribution in [-0.4, -0.2) is 64.8 Å². The first-order chi connectivity index (χ1) is 19.0. The average Bonchev–Trinajstić information content (AvgIpc) is 2.90. The van der Waals surface area contributed by atoms with Gasteiger partial charge in [0.2, 0.25) is 29.5 Å². The molecule has 2 rings (SSSR count). The summed E-state index contributed by atoms with van der Waals surface area (Å²) in [5.74, 6) is -5.61. The molecule has 0 bridgehead atoms. The monoisotopic (exact) mass is 554 g/mol. The number of nitrogens with two attached hydrogens (primary N) is 3. The number of primary amides is 2. The maximum atomic E-state index is 13.1. The molecule has 0 fully saturated rings. The van der Waals surface area contributed by atoms with Crippen LogP contribution in [0.15, 0.2) is 60.7 Å². The summed E-state index contributed by atoms with van der Waals surface area (Å²) >= 11 is 0. The molecule has 40 heavy (non-hydrogen) atoms. The lowest BCUT2D eigenvalue weighted by Crippen LogP contribution is -2.58. The van der Waals surface area contributed by atoms with E-state index in [0.717, 1.165) is 5.56 Å². The third-order valence-electron chi connectivity index (χ3n) is 5.88. The fraction of sp³-hybridized carbons (Fsp3) is 0.333. The highest BCUT2D eigenvalue weighted by Gasteiger charge is 2.31. The lowest BCUT2D eigenvalue weighted by atomic mass is 10.0. The minimum absolute atomic E-state index is 0.0598. The number of benzene rings is 2. The van der Waals surface area contributed by atoms with Crippen molar-refractivity contribution >= 4 is 35.5 Å². The first kappa shape index (κ1) is 31.4. The molecule has 0 aliphatic rings. The normalized spacial score (nSPS) is 13.6. The molecule has 0 saturated carbocycles. The van der Waals surface area contributed by atoms with E-state index in [-0.39, 0.29) is 25.7 Å². The first-order valence-corrected chi connectivity index (χ1v) is 12.5. The number of carboxylic acids is 1. The summed E-state index contributed by atoms with van der Waals surface area (Å²) in [6.45, 7) is 0. The van der Waals surface area contributed by atoms with E-state index >= 15 is 0 Å². The lowest BCUT2D eigenvalue weighted by molar-refractivity contribution is -0.142. The number of rotatable bonds is 16. The minimum atomic E-state index is -1.56. The number of hydrogen-bond donors (Lipinski definition) is 7. The molecule has 13 heteroatoms. The van der Waals surface area contributed by atoms with Crippen molar-refractivity contribution in [2.75, 3.05) is 0 Å². The van der Waals surface area contributed by atoms with Crippen molar-refractivity contribution in [3.8, 4) is 0 Å². The van der Waals surface area contributed by atoms with Crippen LogP contribution in [0.5, 0.6) is 0 Å². The Bertz CT molecular complexity index is 1190. The van der Waals surface area contributed by atoms with Crippen molar-refractivity contribution < 1.29 is 33.9 Å². The van der Waals surface area contributed by atoms with E-state index in [2.05, 4.69) is 16.0 Å². The zero-order valence-corrected chi connectivity index (χ0v) is 21.7. The van der Waals surface area contributed by atoms with Crippen molar-refractivity contribution in [2.24, 2.45) is 17.2 Å². The van der Waals surface area contributed by atoms with E-state index in [9.17, 15) is 33.9 Å². The number of amides is 5. The molecule has 0 heterocycles. The van der Waals surface area contributed by atoms with E-state index in [1.54, 1.807) is 60.7 Å². The summed E-state index contributed by atoms with van der Waals surface area (Å²) in [5, 5.41) is 16.7. The van der Waals surface area contributed by atoms with E-state index in [0.29, 0.717) is 5.56 Å². The summed E-state index contributed by atoms with van der Waals surface area (Å²) < 4.78 is 0. The quantitative estimate of drug-likeness (QED) is 0.128. The van der Waals surface area contributed by atoms with Crippen LogP contribution in [0.25, 0.3) is 0 Å². The molecule has 214 valence electrons. The van der Waals surface area contributed by atoms with Gasteiger partial charge in [0.15, 0.2) is 0 Å². The van der Waals surface area contributed by atoms with Gasteiger partial charge >= 0.3 is 5.97 Å². The predicted octanol–water partition coefficient (Wildman–Crippen LogP) is -1.52. The molecule has 0 aliphatic carbocycles. The Kier molecular flexibility index (Phi) is 12.3. The number of carboxylic acid groups (broad SMARTS) is 1. The molecule has 4 unspecified atom stereocenters. The summed E-state index contributed by atoms with van der Waals surface area (Å²) in [7, 11) is 0. The van der Waals surface area contributed by atoms with Crippen LogP contribution < -0.4 is 33.2 Å². The van der Waals surface area contributed by atoms with Crippen LogP contribution in [0.4, 0.5) is 0 Å². The standard InChI is InChI=1S/C27H34N6O7/c28-18(13-16-7-3-1-4-8-16)24(36)31-19(11-12-22(29)34)25(37)32-20(15-23(30)35)26(38)33-21(27(39)40)14-17-9-5-2-6-10-17/h1-10,18-21H,11-15,28H2,(H2,29,34)(H2,30,35)(H,31,36)(H,32,37)(H,33,38)(H,39,40). The Morgan fingerprint density at radius 2 is 1.12 bits per heavy atom. The van der Waals surface area contributed by atoms with Crippen LogP contribution in [0.3, 0.4) is 0 Å². The van der Waals surface area contributed by atoms with Gasteiger partial charge in [0.25, 0.3) is 0 Å². The molecule has 0 radical (unpaired) electrons. The van der Waals surface area contributed by atoms with Crippen molar-refractivity contribution in [2.45, 2.75) is 56.3 Å². The van der Waals surface area contributed by atoms with Gasteiger partial charge in [0.05, 0.1) is 12.5 Å². The summed E-state index contributed by atoms with van der Waals surface area (Å²) in [5.41, 5.74) is 17.9. The molecule has 13 nitrogen and oxygen atoms in total. The zero-order chi connectivity index (χ0) is 29.7. The highest BCUT2D eigenvalue weighted by molar-refractivity contribution is 5.96. The van der Waals surface area contributed by atoms with E-state index in [1.807, 2.05) is 0 Å². The number of hydrogen-bond acceptors (Lipinski definition) is 7. The molecular formula is C27H34N6O7. The fourth-order valence-electron chi connectivity index (χ4n) is 3.80. The summed E-state index contributed by atoms with van der Waals surface area (Å²) in [4.78, 5) is 73.6. The van der Waals surface area contributed by atoms with Crippen LogP contribution in [-0.2, 0) is 41.6 Å². The predicted molar refractivity (Wildman–Crippen MR) is 144 cm³/mol. The Labute approximate surface area is 230 Å². The number of aliphatic carboxylic acids is 1. The first-order valence-electron chi connectivity index (χ1n) is 12.5. The Morgan fingerprint density at radius 1 is 0.650 bits per heavy atom. The lowest BCUT2D eigenvalue weighted by Gasteiger charge is -2.24. The molecule has 0 saturated heterocycles. The minimum Gasteiger partial charge on any atom is -0.480 e. The van der Waals surface area contributed by atoms with Gasteiger partial charge in [-0.3, -0.25) is 24.0 Å². The highest BCUT2D eigenvalue weighted by Crippen LogP contribution is 2.07. The van der Waals surface area contributed by atoms with Crippen molar-refractivity contribution in [3.05, 3.63) is 71.8 Å².